The zero-order chi connectivity index (χ0) is 28.9. The number of nitrogens with two attached hydrogens (primary N) is 2. The van der Waals surface area contributed by atoms with E-state index in [1.807, 2.05) is 24.3 Å². The second-order valence-corrected chi connectivity index (χ2v) is 15.0. The molecule has 0 aliphatic heterocycles. The lowest BCUT2D eigenvalue weighted by Crippen LogP contribution is -2.60. The maximum Gasteiger partial charge on any atom is 0.142 e. The average molecular weight is 545 g/mol. The molecule has 0 amide bonds. The van der Waals surface area contributed by atoms with E-state index in [-0.39, 0.29) is 16.9 Å². The van der Waals surface area contributed by atoms with Gasteiger partial charge in [0.25, 0.3) is 0 Å². The minimum atomic E-state index is 0.0514. The van der Waals surface area contributed by atoms with Crippen molar-refractivity contribution >= 4 is 11.4 Å². The summed E-state index contributed by atoms with van der Waals surface area (Å²) in [7, 11) is 0. The second kappa shape index (κ2) is 10.9. The van der Waals surface area contributed by atoms with Gasteiger partial charge in [-0.1, -0.05) is 58.1 Å². The van der Waals surface area contributed by atoms with E-state index in [2.05, 4.69) is 59.9 Å². The molecule has 3 heteroatoms. The van der Waals surface area contributed by atoms with E-state index in [0.29, 0.717) is 22.7 Å². The Kier molecular flexibility index (Phi) is 8.01. The maximum atomic E-state index is 6.69. The second-order valence-electron chi connectivity index (χ2n) is 15.0. The molecule has 40 heavy (non-hydrogen) atoms. The van der Waals surface area contributed by atoms with Crippen molar-refractivity contribution in [3.63, 3.8) is 0 Å². The first kappa shape index (κ1) is 29.3. The molecule has 0 saturated heterocycles. The molecule has 4 aliphatic carbocycles. The number of anilines is 2. The van der Waals surface area contributed by atoms with Crippen molar-refractivity contribution in [1.29, 1.82) is 0 Å². The van der Waals surface area contributed by atoms with Gasteiger partial charge in [-0.15, -0.1) is 6.58 Å². The van der Waals surface area contributed by atoms with Gasteiger partial charge in [0.1, 0.15) is 11.9 Å². The molecule has 0 aromatic heterocycles. The van der Waals surface area contributed by atoms with Crippen molar-refractivity contribution in [2.75, 3.05) is 11.5 Å². The molecule has 5 rings (SSSR count). The summed E-state index contributed by atoms with van der Waals surface area (Å²) in [6, 6.07) is 5.66. The Hall–Kier alpha value is -2.16. The lowest BCUT2D eigenvalue weighted by Gasteiger charge is -2.65. The first-order valence-corrected chi connectivity index (χ1v) is 16.2. The van der Waals surface area contributed by atoms with E-state index >= 15 is 0 Å². The lowest BCUT2D eigenvalue weighted by molar-refractivity contribution is -0.160. The largest absolute Gasteiger partial charge is 0.488 e. The molecular formula is C37H56N2O. The number of rotatable bonds is 8. The first-order valence-electron chi connectivity index (χ1n) is 16.2. The SMILES string of the molecule is C=C/C(C)=C\CCC(C)C1CCC2C3CCC4C(C)(C)C(Oc5ccc(N)cc5N)CCC4(C=C)C3CCC12C. The first-order chi connectivity index (χ1) is 19.0. The van der Waals surface area contributed by atoms with Crippen LogP contribution in [0, 0.1) is 51.8 Å². The van der Waals surface area contributed by atoms with E-state index in [9.17, 15) is 0 Å². The monoisotopic (exact) mass is 544 g/mol. The van der Waals surface area contributed by atoms with Crippen LogP contribution >= 0.6 is 0 Å². The molecular weight excluding hydrogens is 488 g/mol. The molecule has 3 nitrogen and oxygen atoms in total. The summed E-state index contributed by atoms with van der Waals surface area (Å²) in [6.07, 6.45) is 19.9. The third-order valence-electron chi connectivity index (χ3n) is 13.0. The van der Waals surface area contributed by atoms with E-state index in [1.165, 1.54) is 63.4 Å². The van der Waals surface area contributed by atoms with Crippen molar-refractivity contribution in [3.05, 3.63) is 55.2 Å². The summed E-state index contributed by atoms with van der Waals surface area (Å²) in [5, 5.41) is 0. The van der Waals surface area contributed by atoms with Crippen LogP contribution in [0.1, 0.15) is 98.8 Å². The van der Waals surface area contributed by atoms with Crippen LogP contribution in [0.15, 0.2) is 55.2 Å². The maximum absolute atomic E-state index is 6.69. The number of hydrogen-bond donors (Lipinski definition) is 2. The van der Waals surface area contributed by atoms with Crippen LogP contribution in [0.5, 0.6) is 5.75 Å². The molecule has 4 fully saturated rings. The highest BCUT2D eigenvalue weighted by atomic mass is 16.5. The molecule has 9 unspecified atom stereocenters. The Morgan fingerprint density at radius 1 is 1.02 bits per heavy atom. The molecule has 4 N–H and O–H groups in total. The van der Waals surface area contributed by atoms with Gasteiger partial charge in [-0.25, -0.2) is 0 Å². The predicted octanol–water partition coefficient (Wildman–Crippen LogP) is 9.61. The van der Waals surface area contributed by atoms with Gasteiger partial charge in [-0.2, -0.15) is 0 Å². The molecule has 0 radical (unpaired) electrons. The number of hydrogen-bond acceptors (Lipinski definition) is 3. The van der Waals surface area contributed by atoms with Crippen LogP contribution in [0.3, 0.4) is 0 Å². The van der Waals surface area contributed by atoms with Crippen molar-refractivity contribution < 1.29 is 4.74 Å². The fourth-order valence-corrected chi connectivity index (χ4v) is 10.9. The van der Waals surface area contributed by atoms with E-state index in [1.54, 1.807) is 0 Å². The van der Waals surface area contributed by atoms with Gasteiger partial charge in [0.2, 0.25) is 0 Å². The Labute approximate surface area is 244 Å². The Morgan fingerprint density at radius 3 is 2.50 bits per heavy atom. The van der Waals surface area contributed by atoms with Crippen LogP contribution < -0.4 is 16.2 Å². The summed E-state index contributed by atoms with van der Waals surface area (Å²) in [5.41, 5.74) is 15.7. The van der Waals surface area contributed by atoms with Crippen LogP contribution in [-0.2, 0) is 0 Å². The Bertz CT molecular complexity index is 1130. The van der Waals surface area contributed by atoms with Gasteiger partial charge in [-0.05, 0) is 136 Å². The van der Waals surface area contributed by atoms with Gasteiger partial charge in [0, 0.05) is 11.1 Å². The highest BCUT2D eigenvalue weighted by Crippen LogP contribution is 2.71. The molecule has 0 spiro atoms. The van der Waals surface area contributed by atoms with Crippen molar-refractivity contribution in [1.82, 2.24) is 0 Å². The smallest absolute Gasteiger partial charge is 0.142 e. The Balaban J connectivity index is 1.34. The molecule has 4 saturated carbocycles. The number of allylic oxidation sites excluding steroid dienone is 4. The summed E-state index contributed by atoms with van der Waals surface area (Å²) >= 11 is 0. The normalized spacial score (nSPS) is 39.4. The molecule has 1 aromatic carbocycles. The van der Waals surface area contributed by atoms with Gasteiger partial charge in [0.05, 0.1) is 5.69 Å². The van der Waals surface area contributed by atoms with E-state index < -0.39 is 0 Å². The highest BCUT2D eigenvalue weighted by Gasteiger charge is 2.64. The highest BCUT2D eigenvalue weighted by molar-refractivity contribution is 5.60. The van der Waals surface area contributed by atoms with Gasteiger partial charge < -0.3 is 16.2 Å². The van der Waals surface area contributed by atoms with Crippen molar-refractivity contribution in [2.24, 2.45) is 51.8 Å². The summed E-state index contributed by atoms with van der Waals surface area (Å²) in [5.74, 6) is 5.49. The predicted molar refractivity (Wildman–Crippen MR) is 171 cm³/mol. The number of fused-ring (bicyclic) bond motifs is 5. The number of nitrogen functional groups attached to an aromatic ring is 2. The molecule has 9 atom stereocenters. The molecule has 0 heterocycles. The minimum Gasteiger partial charge on any atom is -0.488 e. The molecule has 4 aliphatic rings. The fourth-order valence-electron chi connectivity index (χ4n) is 10.9. The number of benzene rings is 1. The molecule has 220 valence electrons. The van der Waals surface area contributed by atoms with E-state index in [4.69, 9.17) is 16.2 Å². The van der Waals surface area contributed by atoms with Crippen molar-refractivity contribution in [2.45, 2.75) is 105 Å². The summed E-state index contributed by atoms with van der Waals surface area (Å²) < 4.78 is 6.69. The quantitative estimate of drug-likeness (QED) is 0.194. The van der Waals surface area contributed by atoms with Crippen LogP contribution in [0.4, 0.5) is 11.4 Å². The van der Waals surface area contributed by atoms with Gasteiger partial charge in [0.15, 0.2) is 0 Å². The van der Waals surface area contributed by atoms with Crippen LogP contribution in [-0.4, -0.2) is 6.10 Å². The zero-order valence-corrected chi connectivity index (χ0v) is 26.1. The third kappa shape index (κ3) is 4.74. The Morgan fingerprint density at radius 2 is 1.80 bits per heavy atom. The third-order valence-corrected chi connectivity index (χ3v) is 13.0. The van der Waals surface area contributed by atoms with Crippen LogP contribution in [0.2, 0.25) is 0 Å². The molecule has 1 aromatic rings. The van der Waals surface area contributed by atoms with Gasteiger partial charge in [-0.3, -0.25) is 0 Å². The fraction of sp³-hybridized carbons (Fsp3) is 0.676. The van der Waals surface area contributed by atoms with Crippen molar-refractivity contribution in [3.8, 4) is 5.75 Å². The van der Waals surface area contributed by atoms with Gasteiger partial charge >= 0.3 is 0 Å². The standard InChI is InChI=1S/C37H56N2O/c1-8-24(3)11-10-12-25(4)28-15-16-29-27-14-18-33-35(5,6)34(40-32-17-13-26(38)23-31(32)39)20-22-37(33,9-2)30(27)19-21-36(28,29)7/h8-9,11,13,17,23,25,27-30,33-34H,1-2,10,12,14-16,18-22,38-39H2,3-7H3/b24-11-. The minimum absolute atomic E-state index is 0.0514. The molecule has 0 bridgehead atoms. The average Bonchev–Trinajstić information content (AvgIpc) is 3.28. The summed E-state index contributed by atoms with van der Waals surface area (Å²) in [4.78, 5) is 0. The number of ether oxygens (including phenoxy) is 1. The van der Waals surface area contributed by atoms with Crippen LogP contribution in [0.25, 0.3) is 0 Å². The zero-order valence-electron chi connectivity index (χ0n) is 26.1. The summed E-state index contributed by atoms with van der Waals surface area (Å²) in [6.45, 7) is 20.8. The lowest BCUT2D eigenvalue weighted by atomic mass is 9.40. The topological polar surface area (TPSA) is 61.3 Å². The van der Waals surface area contributed by atoms with E-state index in [0.717, 1.165) is 41.8 Å².